The third kappa shape index (κ3) is 33.2. The van der Waals surface area contributed by atoms with Gasteiger partial charge in [-0.15, -0.1) is 0 Å². The normalized spacial score (nSPS) is 23.0. The molecule has 0 aliphatic heterocycles. The van der Waals surface area contributed by atoms with E-state index in [1.807, 2.05) is 37.3 Å². The summed E-state index contributed by atoms with van der Waals surface area (Å²) in [6.07, 6.45) is 38.4. The largest absolute Gasteiger partial charge is 0.472 e. The molecule has 15 nitrogen and oxygen atoms in total. The predicted octanol–water partition coefficient (Wildman–Crippen LogP) is 7.88. The number of phosphoric acid groups is 1. The van der Waals surface area contributed by atoms with E-state index in [1.165, 1.54) is 0 Å². The van der Waals surface area contributed by atoms with Gasteiger partial charge >= 0.3 is 19.8 Å². The first-order chi connectivity index (χ1) is 33.2. The Morgan fingerprint density at radius 1 is 0.536 bits per heavy atom. The van der Waals surface area contributed by atoms with Crippen LogP contribution >= 0.6 is 7.82 Å². The van der Waals surface area contributed by atoms with Gasteiger partial charge in [-0.1, -0.05) is 154 Å². The summed E-state index contributed by atoms with van der Waals surface area (Å²) in [6.45, 7) is 2.79. The SMILES string of the molecule is CC/C=C\C/C=C\C/C=C\C/C=C\C/C=C\CCCCCC(=O)OC[C@H](COP(=O)(O)OC1[C@H](O)[C@H](O)C(O)[C@H](O)[C@H]1O)OC(=O)CCC/C=C\[C@@H](O)/C=C/C=C\C/C=C\C=C\[C@@H](O)C/C=C\CC. The molecule has 1 saturated carbocycles. The highest BCUT2D eigenvalue weighted by Gasteiger charge is 2.51. The van der Waals surface area contributed by atoms with Crippen molar-refractivity contribution < 1.29 is 73.3 Å². The number of ether oxygens (including phenoxy) is 2. The van der Waals surface area contributed by atoms with E-state index < -0.39 is 87.9 Å². The number of aliphatic hydroxyl groups is 7. The summed E-state index contributed by atoms with van der Waals surface area (Å²) in [4.78, 5) is 35.8. The van der Waals surface area contributed by atoms with Crippen molar-refractivity contribution in [3.63, 3.8) is 0 Å². The van der Waals surface area contributed by atoms with Gasteiger partial charge in [0.15, 0.2) is 6.10 Å². The van der Waals surface area contributed by atoms with Gasteiger partial charge in [-0.25, -0.2) is 4.57 Å². The number of unbranched alkanes of at least 4 members (excludes halogenated alkanes) is 4. The van der Waals surface area contributed by atoms with E-state index in [0.29, 0.717) is 32.1 Å². The highest BCUT2D eigenvalue weighted by Crippen LogP contribution is 2.47. The minimum absolute atomic E-state index is 0.0752. The standard InChI is InChI=1S/C53H81O15P/c1-3-5-7-8-9-10-11-12-13-14-15-16-17-18-19-20-24-27-33-39-46(56)65-41-45(42-66-69(63,64)68-53-51(61)49(59)48(58)50(60)52(53)62)67-47(57)40-34-28-32-38-44(55)37-31-26-23-21-22-25-30-36-43(54)35-29-6-4-2/h5-7,9-10,12-13,15-16,18-19,22-23,25-26,29-32,36-38,43-45,48-55,58-62H,3-4,8,11,14,17,20-21,24,27-28,33-35,39-42H2,1-2H3,(H,63,64)/b7-5-,10-9-,13-12-,16-15-,19-18-,25-22-,26-23-,29-6-,36-30+,37-31+,38-32-/t43-,44-,45+,48?,49-,50+,51+,52+,53?/m0/s1. The van der Waals surface area contributed by atoms with E-state index in [1.54, 1.807) is 42.5 Å². The van der Waals surface area contributed by atoms with Gasteiger partial charge < -0.3 is 50.1 Å². The molecule has 0 bridgehead atoms. The first-order valence-corrected chi connectivity index (χ1v) is 25.7. The Bertz CT molecular complexity index is 1740. The monoisotopic (exact) mass is 989 g/mol. The lowest BCUT2D eigenvalue weighted by molar-refractivity contribution is -0.220. The second-order valence-electron chi connectivity index (χ2n) is 16.2. The lowest BCUT2D eigenvalue weighted by Crippen LogP contribution is -2.64. The highest BCUT2D eigenvalue weighted by atomic mass is 31.2. The molecule has 3 unspecified atom stereocenters. The molecule has 1 rings (SSSR count). The van der Waals surface area contributed by atoms with E-state index in [0.717, 1.165) is 57.8 Å². The average molecular weight is 989 g/mol. The summed E-state index contributed by atoms with van der Waals surface area (Å²) in [6, 6.07) is 0. The van der Waals surface area contributed by atoms with Crippen LogP contribution in [0.4, 0.5) is 0 Å². The first kappa shape index (κ1) is 62.9. The van der Waals surface area contributed by atoms with Crippen LogP contribution in [0.25, 0.3) is 0 Å². The molecule has 1 aliphatic carbocycles. The van der Waals surface area contributed by atoms with Crippen molar-refractivity contribution in [1.82, 2.24) is 0 Å². The fourth-order valence-corrected chi connectivity index (χ4v) is 7.26. The molecule has 0 aromatic heterocycles. The summed E-state index contributed by atoms with van der Waals surface area (Å²) in [7, 11) is -5.20. The molecule has 69 heavy (non-hydrogen) atoms. The van der Waals surface area contributed by atoms with Crippen molar-refractivity contribution in [3.05, 3.63) is 134 Å². The molecule has 0 spiro atoms. The molecule has 0 aromatic carbocycles. The van der Waals surface area contributed by atoms with Crippen molar-refractivity contribution in [1.29, 1.82) is 0 Å². The molecule has 0 heterocycles. The van der Waals surface area contributed by atoms with Crippen LogP contribution in [0.1, 0.15) is 117 Å². The number of carbonyl (C=O) groups excluding carboxylic acids is 2. The van der Waals surface area contributed by atoms with Crippen molar-refractivity contribution in [2.75, 3.05) is 13.2 Å². The second kappa shape index (κ2) is 40.6. The molecule has 0 radical (unpaired) electrons. The number of aliphatic hydroxyl groups excluding tert-OH is 7. The number of allylic oxidation sites excluding steroid dienone is 18. The van der Waals surface area contributed by atoms with Crippen molar-refractivity contribution in [2.24, 2.45) is 0 Å². The van der Waals surface area contributed by atoms with Crippen LogP contribution in [0.5, 0.6) is 0 Å². The van der Waals surface area contributed by atoms with E-state index in [9.17, 15) is 54.8 Å². The van der Waals surface area contributed by atoms with Gasteiger partial charge in [-0.3, -0.25) is 18.6 Å². The van der Waals surface area contributed by atoms with Crippen LogP contribution < -0.4 is 0 Å². The number of esters is 2. The average Bonchev–Trinajstić information content (AvgIpc) is 3.32. The summed E-state index contributed by atoms with van der Waals surface area (Å²) < 4.78 is 33.4. The Morgan fingerprint density at radius 2 is 1.04 bits per heavy atom. The van der Waals surface area contributed by atoms with Crippen LogP contribution in [0.15, 0.2) is 134 Å². The predicted molar refractivity (Wildman–Crippen MR) is 269 cm³/mol. The minimum atomic E-state index is -5.20. The lowest BCUT2D eigenvalue weighted by Gasteiger charge is -2.41. The van der Waals surface area contributed by atoms with Crippen molar-refractivity contribution >= 4 is 19.8 Å². The van der Waals surface area contributed by atoms with Gasteiger partial charge in [-0.05, 0) is 83.5 Å². The second-order valence-corrected chi connectivity index (χ2v) is 17.7. The van der Waals surface area contributed by atoms with E-state index in [4.69, 9.17) is 18.5 Å². The summed E-state index contributed by atoms with van der Waals surface area (Å²) in [5, 5.41) is 70.3. The fourth-order valence-electron chi connectivity index (χ4n) is 6.29. The third-order valence-electron chi connectivity index (χ3n) is 10.2. The molecule has 16 heteroatoms. The lowest BCUT2D eigenvalue weighted by atomic mass is 9.85. The molecule has 10 atom stereocenters. The smallest absolute Gasteiger partial charge is 0.462 e. The Labute approximate surface area is 410 Å². The Balaban J connectivity index is 2.59. The maximum atomic E-state index is 12.8. The topological polar surface area (TPSA) is 250 Å². The van der Waals surface area contributed by atoms with Crippen molar-refractivity contribution in [3.8, 4) is 0 Å². The van der Waals surface area contributed by atoms with E-state index >= 15 is 0 Å². The molecular weight excluding hydrogens is 908 g/mol. The summed E-state index contributed by atoms with van der Waals surface area (Å²) in [5.74, 6) is -1.34. The third-order valence-corrected chi connectivity index (χ3v) is 11.1. The number of hydrogen-bond acceptors (Lipinski definition) is 14. The quantitative estimate of drug-likeness (QED) is 0.00969. The summed E-state index contributed by atoms with van der Waals surface area (Å²) >= 11 is 0. The molecule has 388 valence electrons. The zero-order valence-electron chi connectivity index (χ0n) is 40.5. The molecule has 0 saturated heterocycles. The molecule has 1 aliphatic rings. The fraction of sp³-hybridized carbons (Fsp3) is 0.547. The van der Waals surface area contributed by atoms with Crippen LogP contribution in [0.2, 0.25) is 0 Å². The van der Waals surface area contributed by atoms with Gasteiger partial charge in [0, 0.05) is 12.8 Å². The van der Waals surface area contributed by atoms with Crippen molar-refractivity contribution in [2.45, 2.75) is 172 Å². The minimum Gasteiger partial charge on any atom is -0.462 e. The molecule has 0 amide bonds. The number of carbonyl (C=O) groups is 2. The van der Waals surface area contributed by atoms with E-state index in [2.05, 4.69) is 67.7 Å². The highest BCUT2D eigenvalue weighted by molar-refractivity contribution is 7.47. The zero-order chi connectivity index (χ0) is 51.0. The zero-order valence-corrected chi connectivity index (χ0v) is 41.4. The number of phosphoric ester groups is 1. The maximum absolute atomic E-state index is 12.8. The summed E-state index contributed by atoms with van der Waals surface area (Å²) in [5.41, 5.74) is 0. The van der Waals surface area contributed by atoms with Gasteiger partial charge in [0.05, 0.1) is 18.8 Å². The van der Waals surface area contributed by atoms with Gasteiger partial charge in [0.25, 0.3) is 0 Å². The van der Waals surface area contributed by atoms with Gasteiger partial charge in [0.1, 0.15) is 43.2 Å². The first-order valence-electron chi connectivity index (χ1n) is 24.2. The van der Waals surface area contributed by atoms with Gasteiger partial charge in [0.2, 0.25) is 0 Å². The van der Waals surface area contributed by atoms with Crippen LogP contribution in [0.3, 0.4) is 0 Å². The van der Waals surface area contributed by atoms with E-state index in [-0.39, 0.29) is 12.8 Å². The molecule has 1 fully saturated rings. The Kier molecular flexibility index (Phi) is 37.0. The molecular formula is C53H81O15P. The molecule has 8 N–H and O–H groups in total. The Hall–Kier alpha value is -4.09. The number of rotatable bonds is 37. The van der Waals surface area contributed by atoms with Gasteiger partial charge in [-0.2, -0.15) is 0 Å². The van der Waals surface area contributed by atoms with Crippen LogP contribution in [0, 0.1) is 0 Å². The van der Waals surface area contributed by atoms with Crippen LogP contribution in [-0.4, -0.2) is 121 Å². The number of hydrogen-bond donors (Lipinski definition) is 8. The maximum Gasteiger partial charge on any atom is 0.472 e. The molecule has 0 aromatic rings. The Morgan fingerprint density at radius 3 is 1.65 bits per heavy atom. The van der Waals surface area contributed by atoms with Crippen LogP contribution in [-0.2, 0) is 32.7 Å².